The Labute approximate surface area is 142 Å². The van der Waals surface area contributed by atoms with Crippen LogP contribution in [0.5, 0.6) is 5.75 Å². The molecule has 24 heavy (non-hydrogen) atoms. The molecule has 0 bridgehead atoms. The van der Waals surface area contributed by atoms with Gasteiger partial charge in [-0.05, 0) is 35.2 Å². The number of amides is 1. The van der Waals surface area contributed by atoms with E-state index in [1.54, 1.807) is 6.08 Å². The fourth-order valence-electron chi connectivity index (χ4n) is 2.94. The summed E-state index contributed by atoms with van der Waals surface area (Å²) >= 11 is 0. The molecule has 1 aliphatic rings. The molecule has 2 aromatic carbocycles. The van der Waals surface area contributed by atoms with E-state index in [0.29, 0.717) is 26.1 Å². The number of ether oxygens (including phenoxy) is 1. The molecule has 3 rings (SSSR count). The molecule has 4 nitrogen and oxygen atoms in total. The number of carbonyl (C=O) groups is 1. The van der Waals surface area contributed by atoms with Crippen LogP contribution in [-0.4, -0.2) is 23.5 Å². The lowest BCUT2D eigenvalue weighted by atomic mass is 10.1. The minimum absolute atomic E-state index is 0.00168. The molecule has 1 atom stereocenters. The number of carbonyl (C=O) groups excluding carboxylic acids is 1. The van der Waals surface area contributed by atoms with Gasteiger partial charge in [0.1, 0.15) is 12.4 Å². The minimum atomic E-state index is -0.528. The van der Waals surface area contributed by atoms with Gasteiger partial charge in [-0.25, -0.2) is 0 Å². The second kappa shape index (κ2) is 7.32. The highest BCUT2D eigenvalue weighted by molar-refractivity contribution is 5.82. The van der Waals surface area contributed by atoms with Crippen molar-refractivity contribution in [1.29, 1.82) is 0 Å². The summed E-state index contributed by atoms with van der Waals surface area (Å²) in [6, 6.07) is 15.3. The van der Waals surface area contributed by atoms with Gasteiger partial charge in [0.15, 0.2) is 0 Å². The summed E-state index contributed by atoms with van der Waals surface area (Å²) in [5, 5.41) is 0. The maximum absolute atomic E-state index is 12.6. The minimum Gasteiger partial charge on any atom is -0.490 e. The van der Waals surface area contributed by atoms with Crippen LogP contribution in [0.2, 0.25) is 0 Å². The number of rotatable bonds is 6. The third kappa shape index (κ3) is 3.66. The molecular weight excluding hydrogens is 300 g/mol. The van der Waals surface area contributed by atoms with Crippen LogP contribution in [0.4, 0.5) is 0 Å². The highest BCUT2D eigenvalue weighted by Gasteiger charge is 2.26. The molecule has 0 spiro atoms. The lowest BCUT2D eigenvalue weighted by Crippen LogP contribution is -2.42. The van der Waals surface area contributed by atoms with Gasteiger partial charge in [0.2, 0.25) is 5.91 Å². The van der Waals surface area contributed by atoms with Gasteiger partial charge in [-0.1, -0.05) is 49.1 Å². The van der Waals surface area contributed by atoms with Crippen LogP contribution in [0.3, 0.4) is 0 Å². The molecule has 0 fully saturated rings. The molecule has 0 radical (unpaired) electrons. The summed E-state index contributed by atoms with van der Waals surface area (Å²) in [5.41, 5.74) is 9.59. The fourth-order valence-corrected chi connectivity index (χ4v) is 2.94. The molecule has 2 N–H and O–H groups in total. The van der Waals surface area contributed by atoms with E-state index in [-0.39, 0.29) is 5.91 Å². The lowest BCUT2D eigenvalue weighted by Gasteiger charge is -2.20. The normalized spacial score (nSPS) is 14.1. The first-order valence-corrected chi connectivity index (χ1v) is 8.11. The topological polar surface area (TPSA) is 55.6 Å². The average molecular weight is 322 g/mol. The average Bonchev–Trinajstić information content (AvgIpc) is 3.04. The van der Waals surface area contributed by atoms with Crippen molar-refractivity contribution in [2.45, 2.75) is 25.6 Å². The van der Waals surface area contributed by atoms with Gasteiger partial charge >= 0.3 is 0 Å². The highest BCUT2D eigenvalue weighted by atomic mass is 16.5. The van der Waals surface area contributed by atoms with Gasteiger partial charge in [-0.15, -0.1) is 0 Å². The van der Waals surface area contributed by atoms with Crippen LogP contribution in [0, 0.1) is 0 Å². The molecular formula is C20H22N2O2. The molecule has 1 heterocycles. The van der Waals surface area contributed by atoms with Gasteiger partial charge in [0, 0.05) is 13.1 Å². The van der Waals surface area contributed by atoms with Crippen molar-refractivity contribution in [2.75, 3.05) is 6.61 Å². The number of nitrogens with zero attached hydrogens (tertiary/aromatic N) is 1. The summed E-state index contributed by atoms with van der Waals surface area (Å²) in [5.74, 6) is 0.784. The van der Waals surface area contributed by atoms with Gasteiger partial charge < -0.3 is 15.4 Å². The van der Waals surface area contributed by atoms with E-state index in [4.69, 9.17) is 10.5 Å². The van der Waals surface area contributed by atoms with Crippen LogP contribution in [0.15, 0.2) is 61.2 Å². The van der Waals surface area contributed by atoms with Gasteiger partial charge in [-0.2, -0.15) is 0 Å². The quantitative estimate of drug-likeness (QED) is 0.832. The summed E-state index contributed by atoms with van der Waals surface area (Å²) in [6.45, 7) is 5.40. The third-order valence-corrected chi connectivity index (χ3v) is 4.22. The van der Waals surface area contributed by atoms with E-state index < -0.39 is 6.04 Å². The van der Waals surface area contributed by atoms with Crippen molar-refractivity contribution in [2.24, 2.45) is 5.73 Å². The van der Waals surface area contributed by atoms with Gasteiger partial charge in [-0.3, -0.25) is 4.79 Å². The monoisotopic (exact) mass is 322 g/mol. The van der Waals surface area contributed by atoms with Crippen molar-refractivity contribution in [3.63, 3.8) is 0 Å². The van der Waals surface area contributed by atoms with Crippen molar-refractivity contribution in [3.8, 4) is 5.75 Å². The molecule has 0 aliphatic carbocycles. The molecule has 0 saturated heterocycles. The SMILES string of the molecule is C=CCOc1ccc(C[C@@H](N)C(=O)N2Cc3ccccc3C2)cc1. The van der Waals surface area contributed by atoms with E-state index >= 15 is 0 Å². The summed E-state index contributed by atoms with van der Waals surface area (Å²) in [7, 11) is 0. The van der Waals surface area contributed by atoms with E-state index in [9.17, 15) is 4.79 Å². The molecule has 4 heteroatoms. The standard InChI is InChI=1S/C20H22N2O2/c1-2-11-24-18-9-7-15(8-10-18)12-19(21)20(23)22-13-16-5-3-4-6-17(16)14-22/h2-10,19H,1,11-14,21H2/t19-/m1/s1. The zero-order valence-electron chi connectivity index (χ0n) is 13.7. The Bertz CT molecular complexity index is 700. The Balaban J connectivity index is 1.58. The predicted octanol–water partition coefficient (Wildman–Crippen LogP) is 2.66. The Morgan fingerprint density at radius 1 is 1.17 bits per heavy atom. The lowest BCUT2D eigenvalue weighted by molar-refractivity contribution is -0.133. The predicted molar refractivity (Wildman–Crippen MR) is 94.5 cm³/mol. The first-order valence-electron chi connectivity index (χ1n) is 8.11. The van der Waals surface area contributed by atoms with Crippen molar-refractivity contribution >= 4 is 5.91 Å². The molecule has 124 valence electrons. The van der Waals surface area contributed by atoms with Crippen LogP contribution in [0.25, 0.3) is 0 Å². The molecule has 1 aliphatic heterocycles. The van der Waals surface area contributed by atoms with Crippen molar-refractivity contribution in [1.82, 2.24) is 4.90 Å². The van der Waals surface area contributed by atoms with Gasteiger partial charge in [0.05, 0.1) is 6.04 Å². The summed E-state index contributed by atoms with van der Waals surface area (Å²) in [6.07, 6.45) is 2.23. The van der Waals surface area contributed by atoms with Gasteiger partial charge in [0.25, 0.3) is 0 Å². The number of nitrogens with two attached hydrogens (primary N) is 1. The fraction of sp³-hybridized carbons (Fsp3) is 0.250. The Morgan fingerprint density at radius 2 is 1.79 bits per heavy atom. The van der Waals surface area contributed by atoms with Crippen LogP contribution < -0.4 is 10.5 Å². The third-order valence-electron chi connectivity index (χ3n) is 4.22. The Morgan fingerprint density at radius 3 is 2.38 bits per heavy atom. The Kier molecular flexibility index (Phi) is 4.96. The van der Waals surface area contributed by atoms with Crippen molar-refractivity contribution in [3.05, 3.63) is 77.9 Å². The maximum atomic E-state index is 12.6. The van der Waals surface area contributed by atoms with E-state index in [2.05, 4.69) is 18.7 Å². The second-order valence-electron chi connectivity index (χ2n) is 6.02. The maximum Gasteiger partial charge on any atom is 0.240 e. The molecule has 0 unspecified atom stereocenters. The first-order chi connectivity index (χ1) is 11.7. The summed E-state index contributed by atoms with van der Waals surface area (Å²) < 4.78 is 5.46. The van der Waals surface area contributed by atoms with E-state index in [1.165, 1.54) is 11.1 Å². The highest BCUT2D eigenvalue weighted by Crippen LogP contribution is 2.23. The zero-order chi connectivity index (χ0) is 16.9. The second-order valence-corrected chi connectivity index (χ2v) is 6.02. The largest absolute Gasteiger partial charge is 0.490 e. The van der Waals surface area contributed by atoms with Crippen LogP contribution in [0.1, 0.15) is 16.7 Å². The number of hydrogen-bond acceptors (Lipinski definition) is 3. The smallest absolute Gasteiger partial charge is 0.240 e. The zero-order valence-corrected chi connectivity index (χ0v) is 13.7. The van der Waals surface area contributed by atoms with Crippen LogP contribution >= 0.6 is 0 Å². The Hall–Kier alpha value is -2.59. The summed E-state index contributed by atoms with van der Waals surface area (Å²) in [4.78, 5) is 14.4. The molecule has 1 amide bonds. The molecule has 0 aromatic heterocycles. The number of fused-ring (bicyclic) bond motifs is 1. The number of hydrogen-bond donors (Lipinski definition) is 1. The molecule has 2 aromatic rings. The molecule has 0 saturated carbocycles. The van der Waals surface area contributed by atoms with E-state index in [0.717, 1.165) is 11.3 Å². The number of benzene rings is 2. The first kappa shape index (κ1) is 16.3. The van der Waals surface area contributed by atoms with Crippen LogP contribution in [-0.2, 0) is 24.3 Å². The van der Waals surface area contributed by atoms with E-state index in [1.807, 2.05) is 41.3 Å². The van der Waals surface area contributed by atoms with Crippen molar-refractivity contribution < 1.29 is 9.53 Å².